The number of rotatable bonds is 6. The number of hydrogen-bond donors (Lipinski definition) is 1. The van der Waals surface area contributed by atoms with Gasteiger partial charge in [0.15, 0.2) is 0 Å². The maximum absolute atomic E-state index is 5.26. The van der Waals surface area contributed by atoms with Gasteiger partial charge < -0.3 is 10.1 Å². The molecule has 0 atom stereocenters. The predicted molar refractivity (Wildman–Crippen MR) is 53.4 cm³/mol. The van der Waals surface area contributed by atoms with Crippen molar-refractivity contribution in [3.05, 3.63) is 12.2 Å². The van der Waals surface area contributed by atoms with Gasteiger partial charge in [0.25, 0.3) is 0 Å². The first kappa shape index (κ1) is 11.7. The average molecular weight is 171 g/mol. The van der Waals surface area contributed by atoms with Crippen LogP contribution in [0.25, 0.3) is 0 Å². The Balaban J connectivity index is 3.49. The second kappa shape index (κ2) is 5.33. The Bertz CT molecular complexity index is 141. The van der Waals surface area contributed by atoms with Crippen LogP contribution < -0.4 is 5.32 Å². The highest BCUT2D eigenvalue weighted by atomic mass is 16.5. The second-order valence-electron chi connectivity index (χ2n) is 3.67. The topological polar surface area (TPSA) is 21.3 Å². The maximum Gasteiger partial charge on any atom is 0.0746 e. The molecule has 0 aromatic heterocycles. The molecule has 0 heterocycles. The molecule has 0 fully saturated rings. The van der Waals surface area contributed by atoms with Crippen LogP contribution >= 0.6 is 0 Å². The quantitative estimate of drug-likeness (QED) is 0.617. The lowest BCUT2D eigenvalue weighted by molar-refractivity contribution is 0.0239. The third kappa shape index (κ3) is 5.33. The van der Waals surface area contributed by atoms with Gasteiger partial charge in [-0.25, -0.2) is 0 Å². The fraction of sp³-hybridized carbons (Fsp3) is 0.800. The third-order valence-corrected chi connectivity index (χ3v) is 1.98. The molecule has 0 unspecified atom stereocenters. The molecule has 0 bridgehead atoms. The number of nitrogens with one attached hydrogen (secondary N) is 1. The van der Waals surface area contributed by atoms with Gasteiger partial charge in [0, 0.05) is 20.2 Å². The van der Waals surface area contributed by atoms with Crippen LogP contribution in [0, 0.1) is 0 Å². The van der Waals surface area contributed by atoms with E-state index in [0.29, 0.717) is 0 Å². The molecular formula is C10H21NO. The molecule has 0 saturated carbocycles. The van der Waals surface area contributed by atoms with Crippen LogP contribution in [0.5, 0.6) is 0 Å². The van der Waals surface area contributed by atoms with E-state index >= 15 is 0 Å². The maximum atomic E-state index is 5.26. The highest BCUT2D eigenvalue weighted by Gasteiger charge is 2.14. The first-order valence-corrected chi connectivity index (χ1v) is 4.44. The van der Waals surface area contributed by atoms with E-state index in [1.807, 2.05) is 0 Å². The Morgan fingerprint density at radius 3 is 2.50 bits per heavy atom. The summed E-state index contributed by atoms with van der Waals surface area (Å²) in [7, 11) is 1.73. The van der Waals surface area contributed by atoms with Gasteiger partial charge >= 0.3 is 0 Å². The minimum atomic E-state index is -0.0754. The molecule has 2 heteroatoms. The highest BCUT2D eigenvalue weighted by molar-refractivity contribution is 4.95. The molecule has 0 spiro atoms. The van der Waals surface area contributed by atoms with E-state index in [9.17, 15) is 0 Å². The van der Waals surface area contributed by atoms with Crippen molar-refractivity contribution < 1.29 is 4.74 Å². The summed E-state index contributed by atoms with van der Waals surface area (Å²) in [5.74, 6) is 0. The summed E-state index contributed by atoms with van der Waals surface area (Å²) in [6.07, 6.45) is 1.04. The molecule has 0 radical (unpaired) electrons. The smallest absolute Gasteiger partial charge is 0.0746 e. The SMILES string of the molecule is C=C(CC)CNCC(C)(C)OC. The molecule has 72 valence electrons. The van der Waals surface area contributed by atoms with Crippen LogP contribution in [-0.2, 0) is 4.74 Å². The van der Waals surface area contributed by atoms with E-state index in [-0.39, 0.29) is 5.60 Å². The first-order valence-electron chi connectivity index (χ1n) is 4.44. The molecule has 0 aliphatic heterocycles. The molecule has 12 heavy (non-hydrogen) atoms. The van der Waals surface area contributed by atoms with Crippen molar-refractivity contribution in [2.75, 3.05) is 20.2 Å². The molecule has 0 rings (SSSR count). The zero-order valence-electron chi connectivity index (χ0n) is 8.74. The Kier molecular flexibility index (Phi) is 5.18. The van der Waals surface area contributed by atoms with Gasteiger partial charge in [0.05, 0.1) is 5.60 Å². The molecule has 2 nitrogen and oxygen atoms in total. The van der Waals surface area contributed by atoms with E-state index in [2.05, 4.69) is 32.7 Å². The van der Waals surface area contributed by atoms with Gasteiger partial charge in [0.2, 0.25) is 0 Å². The monoisotopic (exact) mass is 171 g/mol. The molecule has 1 N–H and O–H groups in total. The van der Waals surface area contributed by atoms with Crippen molar-refractivity contribution >= 4 is 0 Å². The normalized spacial score (nSPS) is 11.7. The molecule has 0 aliphatic rings. The Labute approximate surface area is 76.0 Å². The lowest BCUT2D eigenvalue weighted by atomic mass is 10.1. The summed E-state index contributed by atoms with van der Waals surface area (Å²) < 4.78 is 5.26. The zero-order chi connectivity index (χ0) is 9.61. The largest absolute Gasteiger partial charge is 0.377 e. The van der Waals surface area contributed by atoms with E-state index in [0.717, 1.165) is 19.5 Å². The summed E-state index contributed by atoms with van der Waals surface area (Å²) in [4.78, 5) is 0. The van der Waals surface area contributed by atoms with E-state index in [4.69, 9.17) is 4.74 Å². The van der Waals surface area contributed by atoms with Crippen LogP contribution in [0.1, 0.15) is 27.2 Å². The van der Waals surface area contributed by atoms with Crippen LogP contribution in [0.4, 0.5) is 0 Å². The minimum Gasteiger partial charge on any atom is -0.377 e. The van der Waals surface area contributed by atoms with Crippen molar-refractivity contribution in [3.63, 3.8) is 0 Å². The fourth-order valence-electron chi connectivity index (χ4n) is 0.737. The van der Waals surface area contributed by atoms with Gasteiger partial charge in [-0.3, -0.25) is 0 Å². The number of ether oxygens (including phenoxy) is 1. The summed E-state index contributed by atoms with van der Waals surface area (Å²) in [6, 6.07) is 0. The van der Waals surface area contributed by atoms with Gasteiger partial charge in [-0.05, 0) is 20.3 Å². The Hall–Kier alpha value is -0.340. The summed E-state index contributed by atoms with van der Waals surface area (Å²) in [6.45, 7) is 11.9. The first-order chi connectivity index (χ1) is 5.52. The molecule has 0 saturated heterocycles. The van der Waals surface area contributed by atoms with Crippen molar-refractivity contribution in [1.29, 1.82) is 0 Å². The number of hydrogen-bond acceptors (Lipinski definition) is 2. The average Bonchev–Trinajstić information content (AvgIpc) is 2.04. The summed E-state index contributed by atoms with van der Waals surface area (Å²) in [5, 5.41) is 3.30. The van der Waals surface area contributed by atoms with Gasteiger partial charge in [-0.1, -0.05) is 19.1 Å². The van der Waals surface area contributed by atoms with Crippen molar-refractivity contribution in [3.8, 4) is 0 Å². The van der Waals surface area contributed by atoms with E-state index in [1.165, 1.54) is 5.57 Å². The number of methoxy groups -OCH3 is 1. The third-order valence-electron chi connectivity index (χ3n) is 1.98. The standard InChI is InChI=1S/C10H21NO/c1-6-9(2)7-11-8-10(3,4)12-5/h11H,2,6-8H2,1,3-5H3. The minimum absolute atomic E-state index is 0.0754. The van der Waals surface area contributed by atoms with Crippen LogP contribution in [0.3, 0.4) is 0 Å². The zero-order valence-corrected chi connectivity index (χ0v) is 8.74. The molecule has 0 aromatic rings. The van der Waals surface area contributed by atoms with Gasteiger partial charge in [-0.2, -0.15) is 0 Å². The van der Waals surface area contributed by atoms with Gasteiger partial charge in [-0.15, -0.1) is 0 Å². The van der Waals surface area contributed by atoms with Crippen LogP contribution in [0.15, 0.2) is 12.2 Å². The lowest BCUT2D eigenvalue weighted by Gasteiger charge is -2.23. The fourth-order valence-corrected chi connectivity index (χ4v) is 0.737. The van der Waals surface area contributed by atoms with Crippen LogP contribution in [0.2, 0.25) is 0 Å². The summed E-state index contributed by atoms with van der Waals surface area (Å²) in [5.41, 5.74) is 1.16. The Morgan fingerprint density at radius 1 is 1.50 bits per heavy atom. The van der Waals surface area contributed by atoms with Crippen molar-refractivity contribution in [2.45, 2.75) is 32.8 Å². The van der Waals surface area contributed by atoms with E-state index < -0.39 is 0 Å². The van der Waals surface area contributed by atoms with Crippen LogP contribution in [-0.4, -0.2) is 25.8 Å². The van der Waals surface area contributed by atoms with E-state index in [1.54, 1.807) is 7.11 Å². The highest BCUT2D eigenvalue weighted by Crippen LogP contribution is 2.05. The molecular weight excluding hydrogens is 150 g/mol. The Morgan fingerprint density at radius 2 is 2.08 bits per heavy atom. The second-order valence-corrected chi connectivity index (χ2v) is 3.67. The lowest BCUT2D eigenvalue weighted by Crippen LogP contribution is -2.37. The van der Waals surface area contributed by atoms with Crippen molar-refractivity contribution in [1.82, 2.24) is 5.32 Å². The van der Waals surface area contributed by atoms with Crippen molar-refractivity contribution in [2.24, 2.45) is 0 Å². The van der Waals surface area contributed by atoms with Gasteiger partial charge in [0.1, 0.15) is 0 Å². The summed E-state index contributed by atoms with van der Waals surface area (Å²) >= 11 is 0. The molecule has 0 amide bonds. The molecule has 0 aromatic carbocycles. The predicted octanol–water partition coefficient (Wildman–Crippen LogP) is 1.97. The molecule has 0 aliphatic carbocycles.